The molecule has 3 aliphatic heterocycles. The van der Waals surface area contributed by atoms with E-state index < -0.39 is 0 Å². The molecule has 3 heteroatoms. The van der Waals surface area contributed by atoms with E-state index in [0.29, 0.717) is 12.0 Å². The maximum absolute atomic E-state index is 12.3. The first-order chi connectivity index (χ1) is 9.72. The zero-order valence-electron chi connectivity index (χ0n) is 12.0. The fraction of sp³-hybridized carbons (Fsp3) is 0.471. The number of carbonyl (C=O) groups is 1. The van der Waals surface area contributed by atoms with Gasteiger partial charge in [0.1, 0.15) is 0 Å². The van der Waals surface area contributed by atoms with Gasteiger partial charge in [-0.3, -0.25) is 4.79 Å². The number of amides is 1. The van der Waals surface area contributed by atoms with E-state index >= 15 is 0 Å². The van der Waals surface area contributed by atoms with Gasteiger partial charge < -0.3 is 10.2 Å². The highest BCUT2D eigenvalue weighted by Crippen LogP contribution is 2.27. The molecule has 3 saturated heterocycles. The molecule has 1 amide bonds. The SMILES string of the molecule is CC(=Cc1ccccc1)C(=O)N[C@H]1CN2CCC1CC2. The third kappa shape index (κ3) is 2.93. The van der Waals surface area contributed by atoms with Crippen molar-refractivity contribution in [3.8, 4) is 0 Å². The summed E-state index contributed by atoms with van der Waals surface area (Å²) >= 11 is 0. The average Bonchev–Trinajstić information content (AvgIpc) is 2.49. The molecule has 1 N–H and O–H groups in total. The number of benzene rings is 1. The fourth-order valence-corrected chi connectivity index (χ4v) is 3.28. The molecule has 0 spiro atoms. The summed E-state index contributed by atoms with van der Waals surface area (Å²) in [7, 11) is 0. The van der Waals surface area contributed by atoms with Crippen molar-refractivity contribution >= 4 is 12.0 Å². The Labute approximate surface area is 120 Å². The monoisotopic (exact) mass is 270 g/mol. The van der Waals surface area contributed by atoms with Crippen molar-refractivity contribution in [3.63, 3.8) is 0 Å². The lowest BCUT2D eigenvalue weighted by Crippen LogP contribution is -2.57. The number of rotatable bonds is 3. The molecule has 2 bridgehead atoms. The van der Waals surface area contributed by atoms with Gasteiger partial charge in [0.2, 0.25) is 5.91 Å². The maximum Gasteiger partial charge on any atom is 0.247 e. The molecule has 3 nitrogen and oxygen atoms in total. The molecule has 0 saturated carbocycles. The van der Waals surface area contributed by atoms with E-state index in [1.165, 1.54) is 25.9 Å². The number of piperidine rings is 3. The van der Waals surface area contributed by atoms with Crippen molar-refractivity contribution in [2.45, 2.75) is 25.8 Å². The number of hydrogen-bond donors (Lipinski definition) is 1. The first kappa shape index (κ1) is 13.4. The summed E-state index contributed by atoms with van der Waals surface area (Å²) in [5.41, 5.74) is 1.86. The number of hydrogen-bond acceptors (Lipinski definition) is 2. The second-order valence-electron chi connectivity index (χ2n) is 5.96. The van der Waals surface area contributed by atoms with Crippen molar-refractivity contribution in [3.05, 3.63) is 41.5 Å². The Balaban J connectivity index is 1.63. The molecule has 1 atom stereocenters. The third-order valence-corrected chi connectivity index (χ3v) is 4.51. The predicted octanol–water partition coefficient (Wildman–Crippen LogP) is 2.30. The van der Waals surface area contributed by atoms with Crippen LogP contribution in [0, 0.1) is 5.92 Å². The van der Waals surface area contributed by atoms with Crippen LogP contribution in [0.15, 0.2) is 35.9 Å². The zero-order valence-corrected chi connectivity index (χ0v) is 12.0. The van der Waals surface area contributed by atoms with Crippen LogP contribution in [0.2, 0.25) is 0 Å². The zero-order chi connectivity index (χ0) is 13.9. The molecule has 1 aromatic rings. The number of carbonyl (C=O) groups excluding carboxylic acids is 1. The van der Waals surface area contributed by atoms with Crippen molar-refractivity contribution in [2.24, 2.45) is 5.92 Å². The number of nitrogens with zero attached hydrogens (tertiary/aromatic N) is 1. The first-order valence-corrected chi connectivity index (χ1v) is 7.49. The summed E-state index contributed by atoms with van der Waals surface area (Å²) in [6.45, 7) is 5.32. The maximum atomic E-state index is 12.3. The molecule has 3 aliphatic rings. The third-order valence-electron chi connectivity index (χ3n) is 4.51. The van der Waals surface area contributed by atoms with E-state index in [4.69, 9.17) is 0 Å². The molecule has 20 heavy (non-hydrogen) atoms. The van der Waals surface area contributed by atoms with Gasteiger partial charge in [0.05, 0.1) is 0 Å². The summed E-state index contributed by atoms with van der Waals surface area (Å²) in [5.74, 6) is 0.751. The van der Waals surface area contributed by atoms with Crippen molar-refractivity contribution in [2.75, 3.05) is 19.6 Å². The lowest BCUT2D eigenvalue weighted by Gasteiger charge is -2.44. The normalized spacial score (nSPS) is 29.2. The van der Waals surface area contributed by atoms with Crippen LogP contribution in [0.1, 0.15) is 25.3 Å². The van der Waals surface area contributed by atoms with Gasteiger partial charge in [0.25, 0.3) is 0 Å². The van der Waals surface area contributed by atoms with E-state index in [9.17, 15) is 4.79 Å². The first-order valence-electron chi connectivity index (χ1n) is 7.49. The predicted molar refractivity (Wildman–Crippen MR) is 81.2 cm³/mol. The molecule has 3 fully saturated rings. The lowest BCUT2D eigenvalue weighted by molar-refractivity contribution is -0.119. The molecular formula is C17H22N2O. The van der Waals surface area contributed by atoms with Gasteiger partial charge in [0.15, 0.2) is 0 Å². The van der Waals surface area contributed by atoms with Gasteiger partial charge in [-0.2, -0.15) is 0 Å². The molecule has 3 heterocycles. The molecule has 106 valence electrons. The quantitative estimate of drug-likeness (QED) is 0.855. The molecule has 0 radical (unpaired) electrons. The van der Waals surface area contributed by atoms with E-state index in [0.717, 1.165) is 17.7 Å². The Kier molecular flexibility index (Phi) is 3.88. The van der Waals surface area contributed by atoms with Gasteiger partial charge in [-0.1, -0.05) is 30.3 Å². The van der Waals surface area contributed by atoms with Crippen LogP contribution < -0.4 is 5.32 Å². The summed E-state index contributed by atoms with van der Waals surface area (Å²) < 4.78 is 0. The summed E-state index contributed by atoms with van der Waals surface area (Å²) in [4.78, 5) is 14.8. The molecule has 1 aromatic carbocycles. The molecule has 4 rings (SSSR count). The van der Waals surface area contributed by atoms with E-state index in [2.05, 4.69) is 10.2 Å². The summed E-state index contributed by atoms with van der Waals surface area (Å²) in [6.07, 6.45) is 4.41. The fourth-order valence-electron chi connectivity index (χ4n) is 3.28. The van der Waals surface area contributed by atoms with Crippen LogP contribution in [-0.4, -0.2) is 36.5 Å². The molecule has 0 aromatic heterocycles. The van der Waals surface area contributed by atoms with Gasteiger partial charge in [-0.25, -0.2) is 0 Å². The van der Waals surface area contributed by atoms with Gasteiger partial charge >= 0.3 is 0 Å². The second kappa shape index (κ2) is 5.80. The van der Waals surface area contributed by atoms with E-state index in [-0.39, 0.29) is 5.91 Å². The van der Waals surface area contributed by atoms with Crippen molar-refractivity contribution < 1.29 is 4.79 Å². The van der Waals surface area contributed by atoms with E-state index in [1.807, 2.05) is 43.3 Å². The lowest BCUT2D eigenvalue weighted by atomic mass is 9.84. The molecular weight excluding hydrogens is 248 g/mol. The van der Waals surface area contributed by atoms with Gasteiger partial charge in [0, 0.05) is 18.2 Å². The van der Waals surface area contributed by atoms with Crippen LogP contribution in [0.5, 0.6) is 0 Å². The van der Waals surface area contributed by atoms with Crippen LogP contribution in [0.4, 0.5) is 0 Å². The van der Waals surface area contributed by atoms with Gasteiger partial charge in [-0.15, -0.1) is 0 Å². The smallest absolute Gasteiger partial charge is 0.247 e. The van der Waals surface area contributed by atoms with Crippen molar-refractivity contribution in [1.29, 1.82) is 0 Å². The summed E-state index contributed by atoms with van der Waals surface area (Å²) in [5, 5.41) is 3.22. The Morgan fingerprint density at radius 3 is 2.55 bits per heavy atom. The Bertz CT molecular complexity index is 501. The van der Waals surface area contributed by atoms with E-state index in [1.54, 1.807) is 0 Å². The highest BCUT2D eigenvalue weighted by Gasteiger charge is 2.34. The minimum Gasteiger partial charge on any atom is -0.348 e. The van der Waals surface area contributed by atoms with Crippen LogP contribution >= 0.6 is 0 Å². The van der Waals surface area contributed by atoms with Crippen LogP contribution in [0.25, 0.3) is 6.08 Å². The summed E-state index contributed by atoms with van der Waals surface area (Å²) in [6, 6.07) is 10.3. The standard InChI is InChI=1S/C17H22N2O/c1-13(11-14-5-3-2-4-6-14)17(20)18-16-12-19-9-7-15(16)8-10-19/h2-6,11,15-16H,7-10,12H2,1H3,(H,18,20)/t16-/m0/s1. The van der Waals surface area contributed by atoms with Crippen LogP contribution in [0.3, 0.4) is 0 Å². The second-order valence-corrected chi connectivity index (χ2v) is 5.96. The highest BCUT2D eigenvalue weighted by atomic mass is 16.1. The van der Waals surface area contributed by atoms with Crippen LogP contribution in [-0.2, 0) is 4.79 Å². The minimum absolute atomic E-state index is 0.0765. The Morgan fingerprint density at radius 1 is 1.25 bits per heavy atom. The largest absolute Gasteiger partial charge is 0.348 e. The minimum atomic E-state index is 0.0765. The molecule has 0 unspecified atom stereocenters. The average molecular weight is 270 g/mol. The number of nitrogens with one attached hydrogen (secondary N) is 1. The van der Waals surface area contributed by atoms with Gasteiger partial charge in [-0.05, 0) is 50.4 Å². The number of fused-ring (bicyclic) bond motifs is 3. The van der Waals surface area contributed by atoms with Crippen molar-refractivity contribution in [1.82, 2.24) is 10.2 Å². The highest BCUT2D eigenvalue weighted by molar-refractivity contribution is 5.97. The molecule has 0 aliphatic carbocycles. The Morgan fingerprint density at radius 2 is 1.95 bits per heavy atom. The Hall–Kier alpha value is -1.61. The topological polar surface area (TPSA) is 32.3 Å².